The third kappa shape index (κ3) is 9.94. The van der Waals surface area contributed by atoms with Gasteiger partial charge in [-0.2, -0.15) is 0 Å². The fourth-order valence-corrected chi connectivity index (χ4v) is 12.4. The molecule has 0 bridgehead atoms. The lowest BCUT2D eigenvalue weighted by molar-refractivity contribution is -0.139. The van der Waals surface area contributed by atoms with Crippen LogP contribution in [0.4, 0.5) is 4.39 Å². The normalized spacial score (nSPS) is 26.9. The molecule has 1 aliphatic carbocycles. The van der Waals surface area contributed by atoms with Gasteiger partial charge in [-0.05, 0) is 109 Å². The van der Waals surface area contributed by atoms with E-state index < -0.39 is 30.5 Å². The van der Waals surface area contributed by atoms with Gasteiger partial charge in [-0.25, -0.2) is 4.39 Å². The molecule has 0 spiro atoms. The minimum atomic E-state index is -1.32. The van der Waals surface area contributed by atoms with E-state index in [1.165, 1.54) is 12.7 Å². The quantitative estimate of drug-likeness (QED) is 0.0930. The molecular formula is C56H72FN9O8. The van der Waals surface area contributed by atoms with Crippen LogP contribution in [0.25, 0.3) is 22.2 Å². The van der Waals surface area contributed by atoms with Gasteiger partial charge < -0.3 is 53.8 Å². The number of aromatic nitrogens is 1. The Hall–Kier alpha value is -5.47. The fourth-order valence-electron chi connectivity index (χ4n) is 12.4. The first-order valence-electron chi connectivity index (χ1n) is 26.7. The first kappa shape index (κ1) is 50.7. The molecule has 2 amide bonds. The summed E-state index contributed by atoms with van der Waals surface area (Å²) in [4.78, 5) is 42.1. The number of ether oxygens (including phenoxy) is 5. The summed E-state index contributed by atoms with van der Waals surface area (Å²) in [5, 5.41) is 24.9. The monoisotopic (exact) mass is 1020 g/mol. The zero-order valence-electron chi connectivity index (χ0n) is 43.3. The molecule has 4 fully saturated rings. The maximum Gasteiger partial charge on any atom is 0.244 e. The number of carbonyl (C=O) groups excluding carboxylic acids is 2. The first-order valence-corrected chi connectivity index (χ1v) is 26.7. The second kappa shape index (κ2) is 21.3. The minimum Gasteiger partial charge on any atom is -0.465 e. The fraction of sp³-hybridized carbons (Fsp3) is 0.571. The van der Waals surface area contributed by atoms with Crippen LogP contribution in [0.3, 0.4) is 0 Å². The highest BCUT2D eigenvalue weighted by atomic mass is 19.1. The van der Waals surface area contributed by atoms with Crippen molar-refractivity contribution in [2.24, 2.45) is 15.4 Å². The summed E-state index contributed by atoms with van der Waals surface area (Å²) in [5.74, 6) is 1.48. The van der Waals surface area contributed by atoms with Crippen molar-refractivity contribution in [2.75, 3.05) is 67.0 Å². The third-order valence-electron chi connectivity index (χ3n) is 16.2. The van der Waals surface area contributed by atoms with Crippen molar-refractivity contribution < 1.29 is 42.8 Å². The molecule has 6 unspecified atom stereocenters. The third-order valence-corrected chi connectivity index (χ3v) is 16.2. The number of amides is 2. The Morgan fingerprint density at radius 1 is 0.892 bits per heavy atom. The zero-order valence-corrected chi connectivity index (χ0v) is 43.3. The number of aliphatic hydroxyl groups excluding tert-OH is 1. The highest BCUT2D eigenvalue weighted by Crippen LogP contribution is 2.49. The van der Waals surface area contributed by atoms with Gasteiger partial charge in [0.1, 0.15) is 29.3 Å². The molecule has 8 heterocycles. The zero-order chi connectivity index (χ0) is 51.3. The number of carbonyl (C=O) groups is 2. The molecule has 2 aromatic carbocycles. The number of halogens is 1. The number of allylic oxidation sites excluding steroid dienone is 2. The number of aliphatic hydroxyl groups is 1. The van der Waals surface area contributed by atoms with Crippen LogP contribution in [-0.2, 0) is 28.5 Å². The van der Waals surface area contributed by atoms with Crippen LogP contribution in [0.1, 0.15) is 108 Å². The van der Waals surface area contributed by atoms with Crippen LogP contribution in [0.2, 0.25) is 0 Å². The van der Waals surface area contributed by atoms with E-state index in [1.807, 2.05) is 21.9 Å². The van der Waals surface area contributed by atoms with Crippen LogP contribution < -0.4 is 26.0 Å². The van der Waals surface area contributed by atoms with E-state index in [-0.39, 0.29) is 54.2 Å². The van der Waals surface area contributed by atoms with Gasteiger partial charge >= 0.3 is 0 Å². The number of hydrogen-bond acceptors (Lipinski definition) is 14. The van der Waals surface area contributed by atoms with Gasteiger partial charge in [-0.15, -0.1) is 0 Å². The van der Waals surface area contributed by atoms with E-state index in [9.17, 15) is 14.7 Å². The average molecular weight is 1020 g/mol. The number of hydrogen-bond donors (Lipinski definition) is 5. The number of amidine groups is 2. The van der Waals surface area contributed by atoms with Crippen molar-refractivity contribution in [3.05, 3.63) is 88.3 Å². The standard InChI is InChI=1S/C56H72FN9O8/c1-56(2,3)49(60-31-70-4)53(68)65-19-7-11-44(65)51-58-29-40(61-51)34-14-15-42-37(24-34)26-45-48-38(57)25-36(28-47(48)74-54(66(42)45)35-13-12-33-9-8-20-73-46(33)27-35)41-30-59-50(62-41)43-10-6-18-64(43)52(67)39(63-55(69)71-5)23-32-16-21-72-22-17-32/h12-15,23-26,28,39-41,43-44,46,49,54-55,60,63,69H,6-11,16-22,27,29-31H2,1-5H3,(H,58,61)(H,59,62)/t39?,40?,41?,43-,44-,46?,49+,54?,55?/m0/s1. The number of fused-ring (bicyclic) bond motifs is 6. The van der Waals surface area contributed by atoms with Gasteiger partial charge in [0, 0.05) is 45.7 Å². The van der Waals surface area contributed by atoms with E-state index >= 15 is 4.39 Å². The topological polar surface area (TPSA) is 185 Å². The molecule has 5 N–H and O–H groups in total. The lowest BCUT2D eigenvalue weighted by atomic mass is 9.85. The number of likely N-dealkylation sites (tertiary alicyclic amines) is 2. The number of nitrogens with zero attached hydrogens (tertiary/aromatic N) is 5. The number of rotatable bonds is 14. The molecule has 0 radical (unpaired) electrons. The van der Waals surface area contributed by atoms with Gasteiger partial charge in [-0.3, -0.25) is 30.2 Å². The Bertz CT molecular complexity index is 2790. The number of benzene rings is 2. The highest BCUT2D eigenvalue weighted by molar-refractivity contribution is 5.96. The summed E-state index contributed by atoms with van der Waals surface area (Å²) in [7, 11) is 3.01. The van der Waals surface area contributed by atoms with Crippen molar-refractivity contribution in [2.45, 2.75) is 134 Å². The number of aliphatic imine (C=N–C) groups is 2. The SMILES string of the molecule is COCN[C@H](C(=O)N1CCC[C@H]1C1=NCC(c2ccc3c(c2)cc2n3C(C3=CC=C4CCCOC4C3)Oc3cc(C4CN=C([C@@H]5CCCN5C(=O)C(C=C5CCOCC5)NC(O)OC)N4)cc(F)c3-2)N1)C(C)(C)C. The van der Waals surface area contributed by atoms with Gasteiger partial charge in [0.25, 0.3) is 0 Å². The average Bonchev–Trinajstić information content (AvgIpc) is 4.27. The second-order valence-electron chi connectivity index (χ2n) is 22.0. The summed E-state index contributed by atoms with van der Waals surface area (Å²) in [6.45, 7) is 10.5. The maximum atomic E-state index is 17.2. The predicted molar refractivity (Wildman–Crippen MR) is 279 cm³/mol. The predicted octanol–water partition coefficient (Wildman–Crippen LogP) is 6.07. The molecule has 3 aromatic rings. The Morgan fingerprint density at radius 2 is 1.59 bits per heavy atom. The van der Waals surface area contributed by atoms with Crippen molar-refractivity contribution >= 4 is 34.4 Å². The van der Waals surface area contributed by atoms with E-state index in [4.69, 9.17) is 33.7 Å². The molecule has 0 saturated carbocycles. The van der Waals surface area contributed by atoms with Crippen LogP contribution >= 0.6 is 0 Å². The first-order chi connectivity index (χ1) is 35.9. The molecule has 4 saturated heterocycles. The van der Waals surface area contributed by atoms with Gasteiger partial charge in [0.15, 0.2) is 6.23 Å². The van der Waals surface area contributed by atoms with Crippen LogP contribution in [0.15, 0.2) is 81.3 Å². The number of nitrogens with one attached hydrogen (secondary N) is 4. The van der Waals surface area contributed by atoms with Crippen LogP contribution in [-0.4, -0.2) is 147 Å². The molecule has 7 aliphatic heterocycles. The van der Waals surface area contributed by atoms with Gasteiger partial charge in [0.05, 0.1) is 86.1 Å². The Balaban J connectivity index is 0.855. The highest BCUT2D eigenvalue weighted by Gasteiger charge is 2.43. The summed E-state index contributed by atoms with van der Waals surface area (Å²) in [6.07, 6.45) is 11.7. The molecule has 396 valence electrons. The Morgan fingerprint density at radius 3 is 2.30 bits per heavy atom. The van der Waals surface area contributed by atoms with Crippen molar-refractivity contribution in [3.63, 3.8) is 0 Å². The van der Waals surface area contributed by atoms with Crippen molar-refractivity contribution in [1.29, 1.82) is 0 Å². The minimum absolute atomic E-state index is 0.0294. The van der Waals surface area contributed by atoms with E-state index in [1.54, 1.807) is 13.2 Å². The molecule has 18 heteroatoms. The molecule has 9 atom stereocenters. The summed E-state index contributed by atoms with van der Waals surface area (Å²) >= 11 is 0. The van der Waals surface area contributed by atoms with Gasteiger partial charge in [0.2, 0.25) is 18.2 Å². The smallest absolute Gasteiger partial charge is 0.244 e. The van der Waals surface area contributed by atoms with E-state index in [2.05, 4.69) is 83.0 Å². The van der Waals surface area contributed by atoms with Crippen LogP contribution in [0.5, 0.6) is 5.75 Å². The largest absolute Gasteiger partial charge is 0.465 e. The summed E-state index contributed by atoms with van der Waals surface area (Å²) in [6, 6.07) is 9.95. The Labute approximate surface area is 432 Å². The van der Waals surface area contributed by atoms with Crippen molar-refractivity contribution in [3.8, 4) is 17.0 Å². The number of methoxy groups -OCH3 is 2. The maximum absolute atomic E-state index is 17.2. The molecule has 8 aliphatic rings. The molecule has 11 rings (SSSR count). The molecule has 17 nitrogen and oxygen atoms in total. The summed E-state index contributed by atoms with van der Waals surface area (Å²) in [5.41, 5.74) is 6.94. The van der Waals surface area contributed by atoms with Crippen LogP contribution in [0, 0.1) is 11.2 Å². The Kier molecular flexibility index (Phi) is 14.6. The van der Waals surface area contributed by atoms with E-state index in [0.717, 1.165) is 90.5 Å². The lowest BCUT2D eigenvalue weighted by Crippen LogP contribution is -2.56. The van der Waals surface area contributed by atoms with E-state index in [0.29, 0.717) is 75.1 Å². The summed E-state index contributed by atoms with van der Waals surface area (Å²) < 4.78 is 48.6. The lowest BCUT2D eigenvalue weighted by Gasteiger charge is -2.36. The second-order valence-corrected chi connectivity index (χ2v) is 22.0. The molecule has 74 heavy (non-hydrogen) atoms. The molecular weight excluding hydrogens is 946 g/mol. The van der Waals surface area contributed by atoms with Gasteiger partial charge in [-0.1, -0.05) is 50.6 Å². The molecule has 1 aromatic heterocycles. The van der Waals surface area contributed by atoms with Crippen molar-refractivity contribution in [1.82, 2.24) is 35.6 Å².